The number of hydrogen-bond acceptors (Lipinski definition) is 5. The van der Waals surface area contributed by atoms with E-state index in [1.165, 1.54) is 15.6 Å². The minimum absolute atomic E-state index is 0.232. The summed E-state index contributed by atoms with van der Waals surface area (Å²) >= 11 is 8.51. The van der Waals surface area contributed by atoms with Crippen LogP contribution in [0.3, 0.4) is 0 Å². The van der Waals surface area contributed by atoms with Crippen molar-refractivity contribution >= 4 is 60.4 Å². The molecule has 1 unspecified atom stereocenters. The smallest absolute Gasteiger partial charge is 0.266 e. The molecule has 3 aromatic rings. The highest BCUT2D eigenvalue weighted by molar-refractivity contribution is 7.91. The van der Waals surface area contributed by atoms with Gasteiger partial charge in [0.15, 0.2) is 4.80 Å². The number of thiophene rings is 1. The van der Waals surface area contributed by atoms with Crippen molar-refractivity contribution in [2.24, 2.45) is 4.99 Å². The second kappa shape index (κ2) is 8.05. The number of fused-ring (bicyclic) bond motifs is 1. The average Bonchev–Trinajstić information content (AvgIpc) is 3.42. The summed E-state index contributed by atoms with van der Waals surface area (Å²) in [7, 11) is -3.71. The van der Waals surface area contributed by atoms with E-state index in [9.17, 15) is 13.2 Å². The number of carbonyl (C=O) groups excluding carboxylic acids is 1. The molecule has 1 aliphatic rings. The number of hydrogen-bond donors (Lipinski definition) is 0. The van der Waals surface area contributed by atoms with Crippen LogP contribution < -0.4 is 4.80 Å². The van der Waals surface area contributed by atoms with E-state index >= 15 is 0 Å². The second-order valence-electron chi connectivity index (χ2n) is 6.44. The van der Waals surface area contributed by atoms with Gasteiger partial charge in [0.05, 0.1) is 16.8 Å². The summed E-state index contributed by atoms with van der Waals surface area (Å²) in [5.74, 6) is 2.09. The first kappa shape index (κ1) is 20.3. The van der Waals surface area contributed by atoms with Crippen LogP contribution in [0.4, 0.5) is 0 Å². The first-order valence-electron chi connectivity index (χ1n) is 8.78. The van der Waals surface area contributed by atoms with Crippen LogP contribution in [-0.4, -0.2) is 35.8 Å². The molecule has 4 rings (SSSR count). The van der Waals surface area contributed by atoms with E-state index < -0.39 is 22.0 Å². The standard InChI is InChI=1S/C19H16ClN3O3S3/c1-2-9-22-14-8-7-13(20)12-16(14)28-19(22)21-18(24)15-5-3-10-23(15)29(25,26)17-6-4-11-27-17/h1,4,6-8,11-12,15H,3,5,9-10H2. The summed E-state index contributed by atoms with van der Waals surface area (Å²) < 4.78 is 29.9. The Morgan fingerprint density at radius 3 is 2.93 bits per heavy atom. The Kier molecular flexibility index (Phi) is 5.64. The molecular formula is C19H16ClN3O3S3. The normalized spacial score (nSPS) is 18.3. The van der Waals surface area contributed by atoms with Crippen LogP contribution in [0.25, 0.3) is 10.2 Å². The highest BCUT2D eigenvalue weighted by Gasteiger charge is 2.39. The Morgan fingerprint density at radius 1 is 1.38 bits per heavy atom. The van der Waals surface area contributed by atoms with Crippen LogP contribution in [0, 0.1) is 12.3 Å². The number of carbonyl (C=O) groups is 1. The maximum atomic E-state index is 13.0. The van der Waals surface area contributed by atoms with Crippen molar-refractivity contribution in [2.75, 3.05) is 6.54 Å². The molecule has 29 heavy (non-hydrogen) atoms. The van der Waals surface area contributed by atoms with E-state index in [2.05, 4.69) is 10.9 Å². The lowest BCUT2D eigenvalue weighted by Gasteiger charge is -2.20. The predicted octanol–water partition coefficient (Wildman–Crippen LogP) is 3.33. The number of sulfonamides is 1. The maximum Gasteiger partial charge on any atom is 0.266 e. The number of amides is 1. The molecule has 1 aliphatic heterocycles. The lowest BCUT2D eigenvalue weighted by molar-refractivity contribution is -0.121. The molecule has 6 nitrogen and oxygen atoms in total. The second-order valence-corrected chi connectivity index (χ2v) is 11.0. The summed E-state index contributed by atoms with van der Waals surface area (Å²) in [6.45, 7) is 0.550. The largest absolute Gasteiger partial charge is 0.305 e. The monoisotopic (exact) mass is 465 g/mol. The molecule has 1 amide bonds. The third kappa shape index (κ3) is 3.79. The van der Waals surface area contributed by atoms with Crippen molar-refractivity contribution in [2.45, 2.75) is 29.6 Å². The summed E-state index contributed by atoms with van der Waals surface area (Å²) in [4.78, 5) is 17.7. The fourth-order valence-corrected chi connectivity index (χ4v) is 7.43. The zero-order chi connectivity index (χ0) is 20.6. The third-order valence-corrected chi connectivity index (χ3v) is 9.20. The van der Waals surface area contributed by atoms with Gasteiger partial charge in [-0.25, -0.2) is 8.42 Å². The van der Waals surface area contributed by atoms with Crippen LogP contribution in [0.2, 0.25) is 5.02 Å². The van der Waals surface area contributed by atoms with Crippen molar-refractivity contribution in [3.8, 4) is 12.3 Å². The van der Waals surface area contributed by atoms with E-state index in [-0.39, 0.29) is 10.8 Å². The van der Waals surface area contributed by atoms with Crippen molar-refractivity contribution < 1.29 is 13.2 Å². The molecule has 0 radical (unpaired) electrons. The van der Waals surface area contributed by atoms with Crippen molar-refractivity contribution in [1.29, 1.82) is 0 Å². The third-order valence-electron chi connectivity index (χ3n) is 4.65. The van der Waals surface area contributed by atoms with Crippen molar-refractivity contribution in [1.82, 2.24) is 8.87 Å². The summed E-state index contributed by atoms with van der Waals surface area (Å²) in [5.41, 5.74) is 0.832. The van der Waals surface area contributed by atoms with Crippen molar-refractivity contribution in [3.63, 3.8) is 0 Å². The fourth-order valence-electron chi connectivity index (χ4n) is 3.35. The molecule has 1 atom stereocenters. The quantitative estimate of drug-likeness (QED) is 0.555. The first-order valence-corrected chi connectivity index (χ1v) is 12.3. The van der Waals surface area contributed by atoms with Gasteiger partial charge in [-0.15, -0.1) is 17.8 Å². The molecule has 0 bridgehead atoms. The molecule has 0 saturated carbocycles. The number of rotatable bonds is 4. The first-order chi connectivity index (χ1) is 13.9. The molecule has 1 aromatic carbocycles. The van der Waals surface area contributed by atoms with Gasteiger partial charge in [0.1, 0.15) is 10.3 Å². The summed E-state index contributed by atoms with van der Waals surface area (Å²) in [5, 5.41) is 2.28. The van der Waals surface area contributed by atoms with E-state index in [1.807, 2.05) is 6.07 Å². The lowest BCUT2D eigenvalue weighted by atomic mass is 10.2. The minimum atomic E-state index is -3.71. The number of nitrogens with zero attached hydrogens (tertiary/aromatic N) is 3. The number of benzene rings is 1. The molecule has 0 spiro atoms. The van der Waals surface area contributed by atoms with Gasteiger partial charge in [0, 0.05) is 11.6 Å². The van der Waals surface area contributed by atoms with Crippen LogP contribution in [0.5, 0.6) is 0 Å². The molecule has 10 heteroatoms. The van der Waals surface area contributed by atoms with Crippen molar-refractivity contribution in [3.05, 3.63) is 45.5 Å². The van der Waals surface area contributed by atoms with E-state index in [4.69, 9.17) is 18.0 Å². The molecule has 1 saturated heterocycles. The van der Waals surface area contributed by atoms with Crippen LogP contribution in [-0.2, 0) is 21.4 Å². The van der Waals surface area contributed by atoms with Gasteiger partial charge < -0.3 is 4.57 Å². The fraction of sp³-hybridized carbons (Fsp3) is 0.263. The Morgan fingerprint density at radius 2 is 2.21 bits per heavy atom. The Bertz CT molecular complexity index is 1280. The van der Waals surface area contributed by atoms with E-state index in [0.717, 1.165) is 21.6 Å². The zero-order valence-electron chi connectivity index (χ0n) is 15.1. The lowest BCUT2D eigenvalue weighted by Crippen LogP contribution is -2.40. The Balaban J connectivity index is 1.74. The number of aromatic nitrogens is 1. The van der Waals surface area contributed by atoms with Gasteiger partial charge in [-0.05, 0) is 42.5 Å². The Labute approximate surface area is 181 Å². The number of thiazole rings is 1. The van der Waals surface area contributed by atoms with Gasteiger partial charge >= 0.3 is 0 Å². The van der Waals surface area contributed by atoms with Crippen LogP contribution in [0.15, 0.2) is 44.9 Å². The average molecular weight is 466 g/mol. The molecule has 0 aliphatic carbocycles. The molecule has 150 valence electrons. The minimum Gasteiger partial charge on any atom is -0.305 e. The number of terminal acetylenes is 1. The van der Waals surface area contributed by atoms with Gasteiger partial charge in [-0.2, -0.15) is 9.30 Å². The molecule has 2 aromatic heterocycles. The number of halogens is 1. The summed E-state index contributed by atoms with van der Waals surface area (Å²) in [6, 6.07) is 7.80. The van der Waals surface area contributed by atoms with E-state index in [1.54, 1.807) is 34.2 Å². The van der Waals surface area contributed by atoms with Gasteiger partial charge in [0.2, 0.25) is 0 Å². The molecule has 1 fully saturated rings. The SMILES string of the molecule is C#CCn1c(=NC(=O)C2CCCN2S(=O)(=O)c2cccs2)sc2cc(Cl)ccc21. The zero-order valence-corrected chi connectivity index (χ0v) is 18.3. The Hall–Kier alpha value is -1.96. The highest BCUT2D eigenvalue weighted by atomic mass is 35.5. The van der Waals surface area contributed by atoms with Gasteiger partial charge in [-0.1, -0.05) is 34.9 Å². The van der Waals surface area contributed by atoms with Crippen LogP contribution in [0.1, 0.15) is 12.8 Å². The topological polar surface area (TPSA) is 71.7 Å². The molecule has 3 heterocycles. The summed E-state index contributed by atoms with van der Waals surface area (Å²) in [6.07, 6.45) is 6.55. The molecule has 0 N–H and O–H groups in total. The van der Waals surface area contributed by atoms with Crippen LogP contribution >= 0.6 is 34.3 Å². The van der Waals surface area contributed by atoms with Gasteiger partial charge in [-0.3, -0.25) is 4.79 Å². The highest BCUT2D eigenvalue weighted by Crippen LogP contribution is 2.29. The predicted molar refractivity (Wildman–Crippen MR) is 115 cm³/mol. The van der Waals surface area contributed by atoms with Gasteiger partial charge in [0.25, 0.3) is 15.9 Å². The maximum absolute atomic E-state index is 13.0. The van der Waals surface area contributed by atoms with E-state index in [0.29, 0.717) is 29.2 Å². The molecular weight excluding hydrogens is 450 g/mol.